The van der Waals surface area contributed by atoms with Crippen LogP contribution in [-0.4, -0.2) is 43.3 Å². The smallest absolute Gasteiger partial charge is 0.224 e. The van der Waals surface area contributed by atoms with E-state index in [4.69, 9.17) is 16.3 Å². The lowest BCUT2D eigenvalue weighted by Crippen LogP contribution is -2.28. The first-order valence-corrected chi connectivity index (χ1v) is 6.13. The lowest BCUT2D eigenvalue weighted by Gasteiger charge is -2.22. The third-order valence-electron chi connectivity index (χ3n) is 2.34. The van der Waals surface area contributed by atoms with Gasteiger partial charge < -0.3 is 15.0 Å². The minimum Gasteiger partial charge on any atom is -0.380 e. The van der Waals surface area contributed by atoms with Gasteiger partial charge in [-0.2, -0.15) is 4.98 Å². The normalized spacial score (nSPS) is 10.4. The SMILES string of the molecule is CCOCCN(CC)c1nc(NC)ncc1Cl. The van der Waals surface area contributed by atoms with Crippen LogP contribution in [0.15, 0.2) is 6.20 Å². The van der Waals surface area contributed by atoms with Crippen LogP contribution in [0.3, 0.4) is 0 Å². The maximum absolute atomic E-state index is 6.10. The summed E-state index contributed by atoms with van der Waals surface area (Å²) >= 11 is 6.10. The second-order valence-corrected chi connectivity index (χ2v) is 3.80. The molecule has 17 heavy (non-hydrogen) atoms. The summed E-state index contributed by atoms with van der Waals surface area (Å²) in [6, 6.07) is 0. The minimum absolute atomic E-state index is 0.558. The molecule has 0 radical (unpaired) electrons. The summed E-state index contributed by atoms with van der Waals surface area (Å²) < 4.78 is 5.34. The number of hydrogen-bond donors (Lipinski definition) is 1. The zero-order valence-electron chi connectivity index (χ0n) is 10.5. The van der Waals surface area contributed by atoms with Crippen molar-refractivity contribution in [2.24, 2.45) is 0 Å². The number of nitrogens with one attached hydrogen (secondary N) is 1. The Morgan fingerprint density at radius 1 is 1.47 bits per heavy atom. The molecule has 0 saturated heterocycles. The van der Waals surface area contributed by atoms with Crippen LogP contribution in [0, 0.1) is 0 Å². The molecule has 0 amide bonds. The lowest BCUT2D eigenvalue weighted by molar-refractivity contribution is 0.154. The first-order chi connectivity index (χ1) is 8.22. The predicted molar refractivity (Wildman–Crippen MR) is 71.0 cm³/mol. The van der Waals surface area contributed by atoms with E-state index in [0.717, 1.165) is 25.5 Å². The monoisotopic (exact) mass is 258 g/mol. The maximum Gasteiger partial charge on any atom is 0.224 e. The summed E-state index contributed by atoms with van der Waals surface area (Å²) in [4.78, 5) is 10.5. The summed E-state index contributed by atoms with van der Waals surface area (Å²) in [7, 11) is 1.78. The molecule has 1 aromatic heterocycles. The first-order valence-electron chi connectivity index (χ1n) is 5.75. The van der Waals surface area contributed by atoms with Gasteiger partial charge in [0.25, 0.3) is 0 Å². The second-order valence-electron chi connectivity index (χ2n) is 3.39. The molecular formula is C11H19ClN4O. The van der Waals surface area contributed by atoms with E-state index in [1.807, 2.05) is 6.92 Å². The average molecular weight is 259 g/mol. The topological polar surface area (TPSA) is 50.3 Å². The van der Waals surface area contributed by atoms with E-state index in [9.17, 15) is 0 Å². The van der Waals surface area contributed by atoms with Gasteiger partial charge in [0.1, 0.15) is 5.02 Å². The molecule has 0 fully saturated rings. The molecule has 0 aliphatic rings. The van der Waals surface area contributed by atoms with E-state index < -0.39 is 0 Å². The van der Waals surface area contributed by atoms with Crippen LogP contribution in [0.2, 0.25) is 5.02 Å². The van der Waals surface area contributed by atoms with Gasteiger partial charge in [-0.15, -0.1) is 0 Å². The first kappa shape index (κ1) is 14.0. The number of halogens is 1. The highest BCUT2D eigenvalue weighted by Crippen LogP contribution is 2.23. The Hall–Kier alpha value is -1.07. The lowest BCUT2D eigenvalue weighted by atomic mass is 10.4. The van der Waals surface area contributed by atoms with E-state index in [1.54, 1.807) is 13.2 Å². The number of hydrogen-bond acceptors (Lipinski definition) is 5. The fourth-order valence-corrected chi connectivity index (χ4v) is 1.64. The van der Waals surface area contributed by atoms with Gasteiger partial charge in [-0.1, -0.05) is 11.6 Å². The van der Waals surface area contributed by atoms with Crippen LogP contribution in [0.1, 0.15) is 13.8 Å². The fourth-order valence-electron chi connectivity index (χ4n) is 1.43. The third kappa shape index (κ3) is 4.02. The van der Waals surface area contributed by atoms with E-state index in [1.165, 1.54) is 0 Å². The molecule has 0 bridgehead atoms. The van der Waals surface area contributed by atoms with Crippen molar-refractivity contribution in [1.82, 2.24) is 9.97 Å². The van der Waals surface area contributed by atoms with E-state index in [2.05, 4.69) is 27.1 Å². The summed E-state index contributed by atoms with van der Waals surface area (Å²) in [5, 5.41) is 3.46. The largest absolute Gasteiger partial charge is 0.380 e. The number of aromatic nitrogens is 2. The standard InChI is InChI=1S/C11H19ClN4O/c1-4-16(6-7-17-5-2)10-9(12)8-14-11(13-3)15-10/h8H,4-7H2,1-3H3,(H,13,14,15). The van der Waals surface area contributed by atoms with Crippen molar-refractivity contribution in [3.63, 3.8) is 0 Å². The van der Waals surface area contributed by atoms with Gasteiger partial charge in [-0.25, -0.2) is 4.98 Å². The number of anilines is 2. The highest BCUT2D eigenvalue weighted by molar-refractivity contribution is 6.32. The van der Waals surface area contributed by atoms with Crippen molar-refractivity contribution >= 4 is 23.4 Å². The Morgan fingerprint density at radius 3 is 2.82 bits per heavy atom. The van der Waals surface area contributed by atoms with E-state index in [0.29, 0.717) is 17.6 Å². The van der Waals surface area contributed by atoms with Crippen molar-refractivity contribution in [2.75, 3.05) is 43.6 Å². The average Bonchev–Trinajstić information content (AvgIpc) is 2.36. The van der Waals surface area contributed by atoms with Gasteiger partial charge in [-0.05, 0) is 13.8 Å². The van der Waals surface area contributed by atoms with Crippen molar-refractivity contribution < 1.29 is 4.74 Å². The van der Waals surface area contributed by atoms with Crippen LogP contribution in [0.25, 0.3) is 0 Å². The van der Waals surface area contributed by atoms with Gasteiger partial charge >= 0.3 is 0 Å². The quantitative estimate of drug-likeness (QED) is 0.759. The van der Waals surface area contributed by atoms with Crippen molar-refractivity contribution in [3.05, 3.63) is 11.2 Å². The fraction of sp³-hybridized carbons (Fsp3) is 0.636. The third-order valence-corrected chi connectivity index (χ3v) is 2.61. The molecular weight excluding hydrogens is 240 g/mol. The Bertz CT molecular complexity index is 348. The maximum atomic E-state index is 6.10. The van der Waals surface area contributed by atoms with E-state index >= 15 is 0 Å². The van der Waals surface area contributed by atoms with E-state index in [-0.39, 0.29) is 0 Å². The molecule has 6 heteroatoms. The van der Waals surface area contributed by atoms with Crippen molar-refractivity contribution in [1.29, 1.82) is 0 Å². The summed E-state index contributed by atoms with van der Waals surface area (Å²) in [5.41, 5.74) is 0. The molecule has 96 valence electrons. The predicted octanol–water partition coefficient (Wildman–Crippen LogP) is 2.03. The highest BCUT2D eigenvalue weighted by atomic mass is 35.5. The Balaban J connectivity index is 2.78. The Labute approximate surface area is 107 Å². The molecule has 5 nitrogen and oxygen atoms in total. The van der Waals surface area contributed by atoms with Gasteiger partial charge in [0.2, 0.25) is 5.95 Å². The van der Waals surface area contributed by atoms with Crippen LogP contribution in [-0.2, 0) is 4.74 Å². The number of likely N-dealkylation sites (N-methyl/N-ethyl adjacent to an activating group) is 1. The molecule has 0 spiro atoms. The summed E-state index contributed by atoms with van der Waals surface area (Å²) in [6.07, 6.45) is 1.61. The number of ether oxygens (including phenoxy) is 1. The molecule has 0 saturated carbocycles. The molecule has 1 N–H and O–H groups in total. The van der Waals surface area contributed by atoms with Crippen LogP contribution < -0.4 is 10.2 Å². The Morgan fingerprint density at radius 2 is 2.24 bits per heavy atom. The molecule has 1 heterocycles. The van der Waals surface area contributed by atoms with Crippen LogP contribution in [0.5, 0.6) is 0 Å². The van der Waals surface area contributed by atoms with Gasteiger partial charge in [0, 0.05) is 26.7 Å². The minimum atomic E-state index is 0.558. The number of nitrogens with zero attached hydrogens (tertiary/aromatic N) is 3. The summed E-state index contributed by atoms with van der Waals surface area (Å²) in [5.74, 6) is 1.31. The van der Waals surface area contributed by atoms with Crippen molar-refractivity contribution in [3.8, 4) is 0 Å². The highest BCUT2D eigenvalue weighted by Gasteiger charge is 2.11. The second kappa shape index (κ2) is 7.29. The molecule has 1 rings (SSSR count). The van der Waals surface area contributed by atoms with Gasteiger partial charge in [0.15, 0.2) is 5.82 Å². The molecule has 1 aromatic rings. The zero-order chi connectivity index (χ0) is 12.7. The zero-order valence-corrected chi connectivity index (χ0v) is 11.3. The molecule has 0 aromatic carbocycles. The molecule has 0 unspecified atom stereocenters. The number of rotatable bonds is 7. The van der Waals surface area contributed by atoms with Crippen LogP contribution in [0.4, 0.5) is 11.8 Å². The summed E-state index contributed by atoms with van der Waals surface area (Å²) in [6.45, 7) is 7.02. The van der Waals surface area contributed by atoms with Crippen molar-refractivity contribution in [2.45, 2.75) is 13.8 Å². The molecule has 0 aliphatic carbocycles. The Kier molecular flexibility index (Phi) is 6.00. The molecule has 0 aliphatic heterocycles. The van der Waals surface area contributed by atoms with Gasteiger partial charge in [-0.3, -0.25) is 0 Å². The van der Waals surface area contributed by atoms with Crippen LogP contribution >= 0.6 is 11.6 Å². The molecule has 0 atom stereocenters. The van der Waals surface area contributed by atoms with Gasteiger partial charge in [0.05, 0.1) is 12.8 Å².